The van der Waals surface area contributed by atoms with Crippen LogP contribution >= 0.6 is 0 Å². The largest absolute Gasteiger partial charge is 0.305 e. The molecular weight excluding hydrogens is 386 g/mol. The first-order valence-corrected chi connectivity index (χ1v) is 11.6. The molecule has 3 aromatic rings. The molecule has 0 bridgehead atoms. The normalized spacial score (nSPS) is 26.4. The molecule has 152 valence electrons. The van der Waals surface area contributed by atoms with Crippen molar-refractivity contribution in [1.82, 2.24) is 24.4 Å². The van der Waals surface area contributed by atoms with Crippen LogP contribution in [0.5, 0.6) is 0 Å². The number of likely N-dealkylation sites (tertiary alicyclic amines) is 1. The van der Waals surface area contributed by atoms with E-state index in [4.69, 9.17) is 0 Å². The van der Waals surface area contributed by atoms with E-state index in [2.05, 4.69) is 32.0 Å². The second-order valence-electron chi connectivity index (χ2n) is 8.41. The molecule has 8 heteroatoms. The number of benzene rings is 1. The Bertz CT molecular complexity index is 1140. The van der Waals surface area contributed by atoms with E-state index < -0.39 is 9.84 Å². The van der Waals surface area contributed by atoms with Gasteiger partial charge in [-0.05, 0) is 19.7 Å². The smallest absolute Gasteiger partial charge is 0.162 e. The summed E-state index contributed by atoms with van der Waals surface area (Å²) in [5.74, 6) is 0.466. The molecule has 3 atom stereocenters. The average Bonchev–Trinajstić information content (AvgIpc) is 3.36. The molecular formula is C21H25N5O2S. The third kappa shape index (κ3) is 3.25. The van der Waals surface area contributed by atoms with E-state index in [1.165, 1.54) is 0 Å². The van der Waals surface area contributed by atoms with E-state index >= 15 is 0 Å². The third-order valence-electron chi connectivity index (χ3n) is 6.31. The minimum absolute atomic E-state index is 0.107. The van der Waals surface area contributed by atoms with Gasteiger partial charge in [0.15, 0.2) is 15.5 Å². The van der Waals surface area contributed by atoms with Crippen molar-refractivity contribution in [3.8, 4) is 11.1 Å². The quantitative estimate of drug-likeness (QED) is 0.649. The van der Waals surface area contributed by atoms with Crippen LogP contribution in [-0.4, -0.2) is 77.0 Å². The van der Waals surface area contributed by atoms with E-state index in [-0.39, 0.29) is 23.0 Å². The van der Waals surface area contributed by atoms with E-state index in [1.54, 1.807) is 0 Å². The molecule has 0 spiro atoms. The monoisotopic (exact) mass is 411 g/mol. The van der Waals surface area contributed by atoms with Gasteiger partial charge in [-0.1, -0.05) is 30.3 Å². The molecule has 0 unspecified atom stereocenters. The predicted octanol–water partition coefficient (Wildman–Crippen LogP) is 1.56. The molecule has 2 aliphatic rings. The molecule has 0 radical (unpaired) electrons. The first-order valence-electron chi connectivity index (χ1n) is 9.90. The van der Waals surface area contributed by atoms with E-state index in [1.807, 2.05) is 55.4 Å². The van der Waals surface area contributed by atoms with Gasteiger partial charge in [0.05, 0.1) is 17.2 Å². The minimum Gasteiger partial charge on any atom is -0.305 e. The molecule has 2 fully saturated rings. The fourth-order valence-corrected chi connectivity index (χ4v) is 7.36. The van der Waals surface area contributed by atoms with Crippen LogP contribution in [0, 0.1) is 5.92 Å². The zero-order valence-corrected chi connectivity index (χ0v) is 17.5. The molecule has 2 aliphatic heterocycles. The number of hydrogen-bond donors (Lipinski definition) is 0. The van der Waals surface area contributed by atoms with Crippen molar-refractivity contribution in [1.29, 1.82) is 0 Å². The fourth-order valence-electron chi connectivity index (χ4n) is 4.85. The maximum Gasteiger partial charge on any atom is 0.162 e. The van der Waals surface area contributed by atoms with Crippen molar-refractivity contribution in [2.24, 2.45) is 5.92 Å². The number of hydrogen-bond acceptors (Lipinski definition) is 6. The standard InChI is InChI=1S/C21H25N5O2S/c1-24(2)19-14-29(27,28)20-13-25(12-18(19)20)10-15-8-22-21-17(9-23-26(21)11-15)16-6-4-3-5-7-16/h3-9,11,18-20H,10,12-14H2,1-2H3/t18-,19+,20-/m0/s1. The molecule has 0 amide bonds. The lowest BCUT2D eigenvalue weighted by Gasteiger charge is -2.25. The number of sulfone groups is 1. The van der Waals surface area contributed by atoms with Crippen LogP contribution in [0.15, 0.2) is 48.9 Å². The summed E-state index contributed by atoms with van der Waals surface area (Å²) in [5.41, 5.74) is 3.97. The summed E-state index contributed by atoms with van der Waals surface area (Å²) < 4.78 is 27.0. The first kappa shape index (κ1) is 18.7. The molecule has 5 rings (SSSR count). The molecule has 2 saturated heterocycles. The van der Waals surface area contributed by atoms with Crippen molar-refractivity contribution in [3.05, 3.63) is 54.5 Å². The van der Waals surface area contributed by atoms with Gasteiger partial charge in [0.1, 0.15) is 0 Å². The first-order chi connectivity index (χ1) is 13.9. The van der Waals surface area contributed by atoms with Crippen LogP contribution in [-0.2, 0) is 16.4 Å². The van der Waals surface area contributed by atoms with Gasteiger partial charge in [-0.15, -0.1) is 0 Å². The molecule has 0 N–H and O–H groups in total. The highest BCUT2D eigenvalue weighted by atomic mass is 32.2. The molecule has 4 heterocycles. The Kier molecular flexibility index (Phi) is 4.45. The van der Waals surface area contributed by atoms with Crippen molar-refractivity contribution in [2.45, 2.75) is 17.8 Å². The van der Waals surface area contributed by atoms with Gasteiger partial charge in [-0.25, -0.2) is 17.9 Å². The molecule has 2 aromatic heterocycles. The van der Waals surface area contributed by atoms with Gasteiger partial charge < -0.3 is 4.90 Å². The Hall–Kier alpha value is -2.29. The molecule has 7 nitrogen and oxygen atoms in total. The number of rotatable bonds is 4. The van der Waals surface area contributed by atoms with Crippen molar-refractivity contribution >= 4 is 15.5 Å². The van der Waals surface area contributed by atoms with Crippen LogP contribution in [0.4, 0.5) is 0 Å². The highest BCUT2D eigenvalue weighted by molar-refractivity contribution is 7.92. The summed E-state index contributed by atoms with van der Waals surface area (Å²) in [6, 6.07) is 10.2. The summed E-state index contributed by atoms with van der Waals surface area (Å²) >= 11 is 0. The van der Waals surface area contributed by atoms with Crippen LogP contribution in [0.3, 0.4) is 0 Å². The Balaban J connectivity index is 1.37. The molecule has 0 saturated carbocycles. The summed E-state index contributed by atoms with van der Waals surface area (Å²) in [4.78, 5) is 8.96. The molecule has 0 aliphatic carbocycles. The van der Waals surface area contributed by atoms with Crippen molar-refractivity contribution in [3.63, 3.8) is 0 Å². The van der Waals surface area contributed by atoms with Crippen molar-refractivity contribution < 1.29 is 8.42 Å². The fraction of sp³-hybridized carbons (Fsp3) is 0.429. The maximum absolute atomic E-state index is 12.6. The van der Waals surface area contributed by atoms with Gasteiger partial charge in [-0.2, -0.15) is 5.10 Å². The Labute approximate surface area is 170 Å². The Morgan fingerprint density at radius 2 is 1.93 bits per heavy atom. The van der Waals surface area contributed by atoms with E-state index in [0.29, 0.717) is 13.1 Å². The van der Waals surface area contributed by atoms with Gasteiger partial charge in [0.25, 0.3) is 0 Å². The lowest BCUT2D eigenvalue weighted by molar-refractivity contribution is 0.229. The lowest BCUT2D eigenvalue weighted by atomic mass is 10.00. The molecule has 1 aromatic carbocycles. The van der Waals surface area contributed by atoms with E-state index in [0.717, 1.165) is 28.9 Å². The highest BCUT2D eigenvalue weighted by Crippen LogP contribution is 2.36. The third-order valence-corrected chi connectivity index (χ3v) is 8.53. The zero-order chi connectivity index (χ0) is 20.2. The lowest BCUT2D eigenvalue weighted by Crippen LogP contribution is -2.37. The average molecular weight is 412 g/mol. The maximum atomic E-state index is 12.6. The number of fused-ring (bicyclic) bond motifs is 2. The minimum atomic E-state index is -3.02. The van der Waals surface area contributed by atoms with Crippen molar-refractivity contribution in [2.75, 3.05) is 32.9 Å². The number of nitrogens with zero attached hydrogens (tertiary/aromatic N) is 5. The predicted molar refractivity (Wildman–Crippen MR) is 112 cm³/mol. The topological polar surface area (TPSA) is 70.8 Å². The summed E-state index contributed by atoms with van der Waals surface area (Å²) in [7, 11) is 0.933. The second-order valence-corrected chi connectivity index (χ2v) is 10.7. The SMILES string of the molecule is CN(C)[C@@H]1CS(=O)(=O)[C@H]2CN(Cc3cnc4c(-c5ccccc5)cnn4c3)C[C@@H]12. The van der Waals surface area contributed by atoms with E-state index in [9.17, 15) is 8.42 Å². The van der Waals surface area contributed by atoms with Gasteiger partial charge >= 0.3 is 0 Å². The van der Waals surface area contributed by atoms with Crippen LogP contribution < -0.4 is 0 Å². The second kappa shape index (κ2) is 6.90. The Morgan fingerprint density at radius 3 is 2.69 bits per heavy atom. The summed E-state index contributed by atoms with van der Waals surface area (Å²) in [6.07, 6.45) is 5.73. The van der Waals surface area contributed by atoms with Gasteiger partial charge in [-0.3, -0.25) is 4.90 Å². The van der Waals surface area contributed by atoms with Crippen LogP contribution in [0.2, 0.25) is 0 Å². The molecule has 29 heavy (non-hydrogen) atoms. The highest BCUT2D eigenvalue weighted by Gasteiger charge is 2.52. The summed E-state index contributed by atoms with van der Waals surface area (Å²) in [5, 5.41) is 4.23. The van der Waals surface area contributed by atoms with Crippen LogP contribution in [0.1, 0.15) is 5.56 Å². The van der Waals surface area contributed by atoms with Gasteiger partial charge in [0, 0.05) is 55.1 Å². The Morgan fingerprint density at radius 1 is 1.14 bits per heavy atom. The summed E-state index contributed by atoms with van der Waals surface area (Å²) in [6.45, 7) is 2.09. The van der Waals surface area contributed by atoms with Crippen LogP contribution in [0.25, 0.3) is 16.8 Å². The van der Waals surface area contributed by atoms with Gasteiger partial charge in [0.2, 0.25) is 0 Å². The number of aromatic nitrogens is 3. The zero-order valence-electron chi connectivity index (χ0n) is 16.6.